The number of thiazole rings is 1. The third kappa shape index (κ3) is 6.23. The molecule has 0 spiro atoms. The average molecular weight is 633 g/mol. The molecule has 1 aromatic heterocycles. The second-order valence-electron chi connectivity index (χ2n) is 10.4. The van der Waals surface area contributed by atoms with Crippen LogP contribution in [0.4, 0.5) is 0 Å². The molecule has 0 saturated carbocycles. The van der Waals surface area contributed by atoms with Crippen molar-refractivity contribution in [3.8, 4) is 17.2 Å². The largest absolute Gasteiger partial charge is 0.497 e. The molecule has 0 bridgehead atoms. The van der Waals surface area contributed by atoms with Gasteiger partial charge in [0.25, 0.3) is 5.56 Å². The molecule has 9 heteroatoms. The average Bonchev–Trinajstić information content (AvgIpc) is 3.41. The van der Waals surface area contributed by atoms with Crippen molar-refractivity contribution in [2.75, 3.05) is 20.8 Å². The van der Waals surface area contributed by atoms with Crippen molar-refractivity contribution in [1.29, 1.82) is 0 Å². The van der Waals surface area contributed by atoms with E-state index in [1.54, 1.807) is 25.7 Å². The van der Waals surface area contributed by atoms with Gasteiger partial charge in [-0.1, -0.05) is 84.1 Å². The number of esters is 1. The van der Waals surface area contributed by atoms with Crippen molar-refractivity contribution >= 4 is 29.1 Å². The minimum atomic E-state index is -0.710. The van der Waals surface area contributed by atoms with Crippen molar-refractivity contribution in [3.63, 3.8) is 0 Å². The Morgan fingerprint density at radius 2 is 1.59 bits per heavy atom. The minimum absolute atomic E-state index is 0.198. The number of hydrogen-bond donors (Lipinski definition) is 0. The smallest absolute Gasteiger partial charge is 0.338 e. The van der Waals surface area contributed by atoms with Crippen LogP contribution in [0.15, 0.2) is 118 Å². The van der Waals surface area contributed by atoms with Crippen molar-refractivity contribution in [1.82, 2.24) is 4.57 Å². The lowest BCUT2D eigenvalue weighted by Gasteiger charge is -2.25. The lowest BCUT2D eigenvalue weighted by atomic mass is 9.93. The predicted octanol–water partition coefficient (Wildman–Crippen LogP) is 5.53. The molecule has 0 saturated heterocycles. The Hall–Kier alpha value is -5.41. The van der Waals surface area contributed by atoms with E-state index in [-0.39, 0.29) is 12.2 Å². The van der Waals surface area contributed by atoms with Gasteiger partial charge in [0.15, 0.2) is 4.80 Å². The van der Waals surface area contributed by atoms with E-state index in [2.05, 4.69) is 0 Å². The Bertz CT molecular complexity index is 2070. The molecule has 232 valence electrons. The van der Waals surface area contributed by atoms with E-state index in [0.29, 0.717) is 38.7 Å². The second kappa shape index (κ2) is 13.7. The molecular weight excluding hydrogens is 600 g/mol. The molecule has 1 aliphatic rings. The van der Waals surface area contributed by atoms with Crippen molar-refractivity contribution in [3.05, 3.63) is 151 Å². The van der Waals surface area contributed by atoms with Crippen LogP contribution in [0, 0.1) is 0 Å². The van der Waals surface area contributed by atoms with Crippen molar-refractivity contribution in [2.45, 2.75) is 19.6 Å². The maximum absolute atomic E-state index is 14.1. The number of carbonyl (C=O) groups is 1. The summed E-state index contributed by atoms with van der Waals surface area (Å²) in [6, 6.07) is 31.4. The number of fused-ring (bicyclic) bond motifs is 1. The Kier molecular flexibility index (Phi) is 9.12. The number of carbonyl (C=O) groups excluding carboxylic acids is 1. The van der Waals surface area contributed by atoms with Crippen LogP contribution in [0.5, 0.6) is 17.2 Å². The maximum Gasteiger partial charge on any atom is 0.338 e. The highest BCUT2D eigenvalue weighted by Gasteiger charge is 2.35. The SMILES string of the molecule is CCOC(=O)C1=C(c2ccccc2)N=c2s/c(=C\c3ccc(OCc4cc(OC)ccc4OC)cc3)c(=O)n2[C@H]1c1ccccc1. The monoisotopic (exact) mass is 632 g/mol. The molecule has 46 heavy (non-hydrogen) atoms. The first-order chi connectivity index (χ1) is 22.5. The number of ether oxygens (including phenoxy) is 4. The summed E-state index contributed by atoms with van der Waals surface area (Å²) < 4.78 is 24.4. The molecule has 0 amide bonds. The highest BCUT2D eigenvalue weighted by atomic mass is 32.1. The summed E-state index contributed by atoms with van der Waals surface area (Å²) in [4.78, 5) is 33.0. The van der Waals surface area contributed by atoms with Gasteiger partial charge in [-0.3, -0.25) is 9.36 Å². The van der Waals surface area contributed by atoms with Crippen LogP contribution in [-0.2, 0) is 16.1 Å². The molecule has 1 aliphatic heterocycles. The number of aromatic nitrogens is 1. The number of rotatable bonds is 10. The molecule has 0 unspecified atom stereocenters. The van der Waals surface area contributed by atoms with Gasteiger partial charge in [0.1, 0.15) is 23.9 Å². The van der Waals surface area contributed by atoms with E-state index >= 15 is 0 Å². The predicted molar refractivity (Wildman–Crippen MR) is 178 cm³/mol. The van der Waals surface area contributed by atoms with Gasteiger partial charge in [-0.05, 0) is 54.5 Å². The summed E-state index contributed by atoms with van der Waals surface area (Å²) in [5, 5.41) is 0. The third-order valence-electron chi connectivity index (χ3n) is 7.55. The van der Waals surface area contributed by atoms with Gasteiger partial charge in [-0.2, -0.15) is 0 Å². The van der Waals surface area contributed by atoms with Crippen LogP contribution >= 0.6 is 11.3 Å². The zero-order valence-corrected chi connectivity index (χ0v) is 26.5. The molecule has 2 heterocycles. The molecule has 5 aromatic rings. The topological polar surface area (TPSA) is 88.4 Å². The highest BCUT2D eigenvalue weighted by Crippen LogP contribution is 2.35. The fraction of sp³-hybridized carbons (Fsp3) is 0.162. The Morgan fingerprint density at radius 3 is 2.26 bits per heavy atom. The molecular formula is C37H32N2O6S. The lowest BCUT2D eigenvalue weighted by Crippen LogP contribution is -2.39. The van der Waals surface area contributed by atoms with Crippen LogP contribution in [0.3, 0.4) is 0 Å². The standard InChI is InChI=1S/C37H32N2O6S/c1-4-44-36(41)32-33(25-11-7-5-8-12-25)38-37-39(34(32)26-13-9-6-10-14-26)35(40)31(46-37)21-24-15-17-28(18-16-24)45-23-27-22-29(42-2)19-20-30(27)43-3/h5-22,34H,4,23H2,1-3H3/b31-21-/t34-/m0/s1. The van der Waals surface area contributed by atoms with Crippen LogP contribution < -0.4 is 29.1 Å². The summed E-state index contributed by atoms with van der Waals surface area (Å²) in [5.74, 6) is 1.59. The first-order valence-corrected chi connectivity index (χ1v) is 15.6. The van der Waals surface area contributed by atoms with E-state index in [1.165, 1.54) is 11.3 Å². The summed E-state index contributed by atoms with van der Waals surface area (Å²) in [7, 11) is 3.23. The van der Waals surface area contributed by atoms with Crippen molar-refractivity contribution < 1.29 is 23.7 Å². The first kappa shape index (κ1) is 30.6. The Balaban J connectivity index is 1.38. The second-order valence-corrected chi connectivity index (χ2v) is 11.4. The Labute approximate surface area is 270 Å². The molecule has 1 atom stereocenters. The normalized spacial score (nSPS) is 14.3. The summed E-state index contributed by atoms with van der Waals surface area (Å²) in [6.45, 7) is 2.26. The van der Waals surface area contributed by atoms with E-state index in [9.17, 15) is 9.59 Å². The van der Waals surface area contributed by atoms with Crippen molar-refractivity contribution in [2.24, 2.45) is 4.99 Å². The zero-order chi connectivity index (χ0) is 32.0. The van der Waals surface area contributed by atoms with Gasteiger partial charge in [0.2, 0.25) is 0 Å². The lowest BCUT2D eigenvalue weighted by molar-refractivity contribution is -0.138. The number of benzene rings is 4. The summed E-state index contributed by atoms with van der Waals surface area (Å²) in [5.41, 5.74) is 3.82. The van der Waals surface area contributed by atoms with E-state index in [4.69, 9.17) is 23.9 Å². The molecule has 0 aliphatic carbocycles. The first-order valence-electron chi connectivity index (χ1n) is 14.8. The molecule has 0 N–H and O–H groups in total. The fourth-order valence-electron chi connectivity index (χ4n) is 5.36. The van der Waals surface area contributed by atoms with Gasteiger partial charge in [-0.15, -0.1) is 0 Å². The third-order valence-corrected chi connectivity index (χ3v) is 8.53. The zero-order valence-electron chi connectivity index (χ0n) is 25.6. The Morgan fingerprint density at radius 1 is 0.891 bits per heavy atom. The van der Waals surface area contributed by atoms with Crippen LogP contribution in [0.25, 0.3) is 11.8 Å². The molecule has 0 radical (unpaired) electrons. The van der Waals surface area contributed by atoms with E-state index in [1.807, 2.05) is 109 Å². The summed E-state index contributed by atoms with van der Waals surface area (Å²) >= 11 is 1.28. The quantitative estimate of drug-likeness (QED) is 0.188. The van der Waals surface area contributed by atoms with E-state index in [0.717, 1.165) is 28.0 Å². The minimum Gasteiger partial charge on any atom is -0.497 e. The number of nitrogens with zero attached hydrogens (tertiary/aromatic N) is 2. The van der Waals surface area contributed by atoms with Gasteiger partial charge in [0, 0.05) is 11.1 Å². The summed E-state index contributed by atoms with van der Waals surface area (Å²) in [6.07, 6.45) is 1.83. The van der Waals surface area contributed by atoms with Gasteiger partial charge in [-0.25, -0.2) is 9.79 Å². The van der Waals surface area contributed by atoms with Gasteiger partial charge in [0.05, 0.1) is 42.7 Å². The maximum atomic E-state index is 14.1. The number of methoxy groups -OCH3 is 2. The van der Waals surface area contributed by atoms with Crippen LogP contribution in [0.1, 0.15) is 35.2 Å². The van der Waals surface area contributed by atoms with Crippen LogP contribution in [0.2, 0.25) is 0 Å². The van der Waals surface area contributed by atoms with Crippen LogP contribution in [-0.4, -0.2) is 31.4 Å². The number of hydrogen-bond acceptors (Lipinski definition) is 8. The molecule has 6 rings (SSSR count). The molecule has 8 nitrogen and oxygen atoms in total. The molecule has 0 fully saturated rings. The molecule has 4 aromatic carbocycles. The van der Waals surface area contributed by atoms with Gasteiger partial charge >= 0.3 is 5.97 Å². The highest BCUT2D eigenvalue weighted by molar-refractivity contribution is 7.07. The van der Waals surface area contributed by atoms with Gasteiger partial charge < -0.3 is 18.9 Å². The van der Waals surface area contributed by atoms with E-state index < -0.39 is 12.0 Å². The fourth-order valence-corrected chi connectivity index (χ4v) is 6.36.